The maximum absolute atomic E-state index is 12.2. The smallest absolute Gasteiger partial charge is 0.308 e. The molecule has 2 atom stereocenters. The standard InChI is InChI=1S/C16H21NO4/c1-10-6-11(2)8-13(7-10)21-9-15(18)17-5-4-14(12(17)3)16(19)20/h6-8,12,14H,4-5,9H2,1-3H3,(H,19,20). The van der Waals surface area contributed by atoms with E-state index in [4.69, 9.17) is 9.84 Å². The number of carboxylic acids is 1. The molecule has 1 aliphatic heterocycles. The second-order valence-corrected chi connectivity index (χ2v) is 5.67. The van der Waals surface area contributed by atoms with Crippen LogP contribution in [0, 0.1) is 19.8 Å². The molecule has 0 radical (unpaired) electrons. The van der Waals surface area contributed by atoms with Gasteiger partial charge in [-0.25, -0.2) is 0 Å². The Morgan fingerprint density at radius 2 is 1.90 bits per heavy atom. The molecule has 114 valence electrons. The second-order valence-electron chi connectivity index (χ2n) is 5.67. The number of carbonyl (C=O) groups is 2. The van der Waals surface area contributed by atoms with Gasteiger partial charge in [0.25, 0.3) is 5.91 Å². The van der Waals surface area contributed by atoms with E-state index in [1.54, 1.807) is 11.8 Å². The van der Waals surface area contributed by atoms with Gasteiger partial charge in [0.15, 0.2) is 6.61 Å². The van der Waals surface area contributed by atoms with Crippen molar-refractivity contribution in [1.29, 1.82) is 0 Å². The predicted octanol–water partition coefficient (Wildman–Crippen LogP) is 2.00. The Kier molecular flexibility index (Phi) is 4.50. The van der Waals surface area contributed by atoms with Crippen molar-refractivity contribution < 1.29 is 19.4 Å². The molecule has 0 saturated carbocycles. The molecule has 5 nitrogen and oxygen atoms in total. The number of carboxylic acid groups (broad SMARTS) is 1. The van der Waals surface area contributed by atoms with Crippen LogP contribution in [0.5, 0.6) is 5.75 Å². The van der Waals surface area contributed by atoms with Gasteiger partial charge in [0, 0.05) is 12.6 Å². The molecular weight excluding hydrogens is 270 g/mol. The summed E-state index contributed by atoms with van der Waals surface area (Å²) in [5.41, 5.74) is 2.16. The van der Waals surface area contributed by atoms with Gasteiger partial charge in [-0.3, -0.25) is 9.59 Å². The number of carbonyl (C=O) groups excluding carboxylic acids is 1. The summed E-state index contributed by atoms with van der Waals surface area (Å²) in [7, 11) is 0. The SMILES string of the molecule is Cc1cc(C)cc(OCC(=O)N2CCC(C(=O)O)C2C)c1. The quantitative estimate of drug-likeness (QED) is 0.921. The number of rotatable bonds is 4. The number of amides is 1. The molecule has 21 heavy (non-hydrogen) atoms. The third kappa shape index (κ3) is 3.54. The van der Waals surface area contributed by atoms with Gasteiger partial charge in [0.2, 0.25) is 0 Å². The molecule has 5 heteroatoms. The van der Waals surface area contributed by atoms with Gasteiger partial charge in [0.1, 0.15) is 5.75 Å². The summed E-state index contributed by atoms with van der Waals surface area (Å²) >= 11 is 0. The van der Waals surface area contributed by atoms with Crippen LogP contribution in [0.3, 0.4) is 0 Å². The number of likely N-dealkylation sites (tertiary alicyclic amines) is 1. The Labute approximate surface area is 124 Å². The van der Waals surface area contributed by atoms with Gasteiger partial charge in [0.05, 0.1) is 5.92 Å². The fraction of sp³-hybridized carbons (Fsp3) is 0.500. The molecule has 0 spiro atoms. The van der Waals surface area contributed by atoms with E-state index >= 15 is 0 Å². The lowest BCUT2D eigenvalue weighted by Crippen LogP contribution is -2.40. The summed E-state index contributed by atoms with van der Waals surface area (Å²) < 4.78 is 5.55. The van der Waals surface area contributed by atoms with Crippen molar-refractivity contribution in [3.05, 3.63) is 29.3 Å². The molecule has 1 aliphatic rings. The highest BCUT2D eigenvalue weighted by molar-refractivity contribution is 5.80. The van der Waals surface area contributed by atoms with Crippen LogP contribution in [0.4, 0.5) is 0 Å². The topological polar surface area (TPSA) is 66.8 Å². The highest BCUT2D eigenvalue weighted by Gasteiger charge is 2.38. The van der Waals surface area contributed by atoms with Crippen molar-refractivity contribution >= 4 is 11.9 Å². The predicted molar refractivity (Wildman–Crippen MR) is 78.3 cm³/mol. The third-order valence-electron chi connectivity index (χ3n) is 3.95. The van der Waals surface area contributed by atoms with Crippen molar-refractivity contribution in [2.24, 2.45) is 5.92 Å². The van der Waals surface area contributed by atoms with Gasteiger partial charge >= 0.3 is 5.97 Å². The fourth-order valence-electron chi connectivity index (χ4n) is 2.87. The zero-order valence-corrected chi connectivity index (χ0v) is 12.6. The van der Waals surface area contributed by atoms with E-state index in [1.165, 1.54) is 0 Å². The Bertz CT molecular complexity index is 535. The average molecular weight is 291 g/mol. The van der Waals surface area contributed by atoms with Gasteiger partial charge < -0.3 is 14.7 Å². The minimum Gasteiger partial charge on any atom is -0.484 e. The van der Waals surface area contributed by atoms with Crippen molar-refractivity contribution in [1.82, 2.24) is 4.90 Å². The molecule has 1 N–H and O–H groups in total. The summed E-state index contributed by atoms with van der Waals surface area (Å²) in [5, 5.41) is 9.08. The van der Waals surface area contributed by atoms with E-state index in [-0.39, 0.29) is 18.6 Å². The lowest BCUT2D eigenvalue weighted by molar-refractivity contribution is -0.143. The normalized spacial score (nSPS) is 21.4. The van der Waals surface area contributed by atoms with Crippen LogP contribution < -0.4 is 4.74 Å². The molecule has 1 aromatic rings. The van der Waals surface area contributed by atoms with E-state index in [1.807, 2.05) is 32.0 Å². The van der Waals surface area contributed by atoms with Crippen LogP contribution in [0.15, 0.2) is 18.2 Å². The molecule has 0 aromatic heterocycles. The second kappa shape index (κ2) is 6.16. The number of aryl methyl sites for hydroxylation is 2. The van der Waals surface area contributed by atoms with Crippen LogP contribution in [-0.4, -0.2) is 41.1 Å². The summed E-state index contributed by atoms with van der Waals surface area (Å²) in [4.78, 5) is 24.8. The van der Waals surface area contributed by atoms with Crippen LogP contribution in [0.2, 0.25) is 0 Å². The number of hydrogen-bond donors (Lipinski definition) is 1. The monoisotopic (exact) mass is 291 g/mol. The van der Waals surface area contributed by atoms with Crippen LogP contribution in [0.25, 0.3) is 0 Å². The summed E-state index contributed by atoms with van der Waals surface area (Å²) in [6, 6.07) is 5.52. The molecular formula is C16H21NO4. The highest BCUT2D eigenvalue weighted by Crippen LogP contribution is 2.24. The first-order chi connectivity index (χ1) is 9.88. The zero-order valence-electron chi connectivity index (χ0n) is 12.6. The van der Waals surface area contributed by atoms with Gasteiger partial charge in [-0.15, -0.1) is 0 Å². The number of ether oxygens (including phenoxy) is 1. The minimum absolute atomic E-state index is 0.0560. The number of benzene rings is 1. The Balaban J connectivity index is 1.95. The van der Waals surface area contributed by atoms with Crippen LogP contribution in [-0.2, 0) is 9.59 Å². The minimum atomic E-state index is -0.840. The Morgan fingerprint density at radius 3 is 2.43 bits per heavy atom. The highest BCUT2D eigenvalue weighted by atomic mass is 16.5. The Hall–Kier alpha value is -2.04. The van der Waals surface area contributed by atoms with E-state index in [9.17, 15) is 9.59 Å². The van der Waals surface area contributed by atoms with Crippen molar-refractivity contribution in [3.8, 4) is 5.75 Å². The van der Waals surface area contributed by atoms with Crippen molar-refractivity contribution in [3.63, 3.8) is 0 Å². The van der Waals surface area contributed by atoms with Crippen LogP contribution in [0.1, 0.15) is 24.5 Å². The molecule has 2 unspecified atom stereocenters. The lowest BCUT2D eigenvalue weighted by atomic mass is 10.0. The molecule has 2 rings (SSSR count). The van der Waals surface area contributed by atoms with Crippen molar-refractivity contribution in [2.45, 2.75) is 33.2 Å². The average Bonchev–Trinajstić information content (AvgIpc) is 2.77. The van der Waals surface area contributed by atoms with Gasteiger partial charge in [-0.05, 0) is 50.5 Å². The zero-order chi connectivity index (χ0) is 15.6. The lowest BCUT2D eigenvalue weighted by Gasteiger charge is -2.23. The van der Waals surface area contributed by atoms with Gasteiger partial charge in [-0.2, -0.15) is 0 Å². The maximum atomic E-state index is 12.2. The summed E-state index contributed by atoms with van der Waals surface area (Å²) in [6.45, 7) is 6.15. The van der Waals surface area contributed by atoms with Crippen molar-refractivity contribution in [2.75, 3.05) is 13.2 Å². The molecule has 1 saturated heterocycles. The van der Waals surface area contributed by atoms with E-state index in [0.717, 1.165) is 11.1 Å². The Morgan fingerprint density at radius 1 is 1.29 bits per heavy atom. The fourth-order valence-corrected chi connectivity index (χ4v) is 2.87. The summed E-state index contributed by atoms with van der Waals surface area (Å²) in [6.07, 6.45) is 0.506. The summed E-state index contributed by atoms with van der Waals surface area (Å²) in [5.74, 6) is -0.809. The van der Waals surface area contributed by atoms with E-state index in [0.29, 0.717) is 18.7 Å². The van der Waals surface area contributed by atoms with Gasteiger partial charge in [-0.1, -0.05) is 6.07 Å². The van der Waals surface area contributed by atoms with Crippen LogP contribution >= 0.6 is 0 Å². The molecule has 1 fully saturated rings. The molecule has 0 bridgehead atoms. The maximum Gasteiger partial charge on any atom is 0.308 e. The molecule has 1 amide bonds. The third-order valence-corrected chi connectivity index (χ3v) is 3.95. The molecule has 1 heterocycles. The first kappa shape index (κ1) is 15.4. The first-order valence-electron chi connectivity index (χ1n) is 7.12. The number of nitrogens with zero attached hydrogens (tertiary/aromatic N) is 1. The number of hydrogen-bond acceptors (Lipinski definition) is 3. The molecule has 1 aromatic carbocycles. The number of aliphatic carboxylic acids is 1. The largest absolute Gasteiger partial charge is 0.484 e. The molecule has 0 aliphatic carbocycles. The first-order valence-corrected chi connectivity index (χ1v) is 7.12. The van der Waals surface area contributed by atoms with E-state index in [2.05, 4.69) is 0 Å². The van der Waals surface area contributed by atoms with E-state index < -0.39 is 11.9 Å².